The zero-order chi connectivity index (χ0) is 14.0. The van der Waals surface area contributed by atoms with Crippen LogP contribution < -0.4 is 10.6 Å². The van der Waals surface area contributed by atoms with E-state index < -0.39 is 0 Å². The van der Waals surface area contributed by atoms with Crippen LogP contribution in [0.1, 0.15) is 26.3 Å². The minimum absolute atomic E-state index is 0.257. The Morgan fingerprint density at radius 2 is 1.79 bits per heavy atom. The van der Waals surface area contributed by atoms with Crippen LogP contribution in [0.5, 0.6) is 0 Å². The lowest BCUT2D eigenvalue weighted by molar-refractivity contribution is 0.128. The van der Waals surface area contributed by atoms with Crippen LogP contribution in [-0.2, 0) is 6.54 Å². The number of anilines is 1. The molecule has 0 unspecified atom stereocenters. The molecule has 0 aromatic heterocycles. The van der Waals surface area contributed by atoms with Crippen molar-refractivity contribution in [1.82, 2.24) is 4.90 Å². The highest BCUT2D eigenvalue weighted by molar-refractivity contribution is 6.31. The predicted octanol–water partition coefficient (Wildman–Crippen LogP) is 2.72. The van der Waals surface area contributed by atoms with E-state index in [9.17, 15) is 0 Å². The van der Waals surface area contributed by atoms with Crippen LogP contribution in [0.3, 0.4) is 0 Å². The normalized spacial score (nSPS) is 17.8. The number of rotatable bonds is 2. The molecule has 1 aliphatic rings. The summed E-state index contributed by atoms with van der Waals surface area (Å²) in [5, 5.41) is 0.776. The second kappa shape index (κ2) is 5.70. The molecular weight excluding hydrogens is 258 g/mol. The number of piperazine rings is 1. The van der Waals surface area contributed by atoms with Crippen molar-refractivity contribution < 1.29 is 0 Å². The van der Waals surface area contributed by atoms with E-state index in [2.05, 4.69) is 36.6 Å². The summed E-state index contributed by atoms with van der Waals surface area (Å²) in [4.78, 5) is 4.92. The molecule has 1 saturated heterocycles. The molecule has 1 fully saturated rings. The fraction of sp³-hybridized carbons (Fsp3) is 0.600. The number of hydrogen-bond donors (Lipinski definition) is 1. The molecular formula is C15H24ClN3. The van der Waals surface area contributed by atoms with Gasteiger partial charge in [-0.15, -0.1) is 0 Å². The molecule has 2 rings (SSSR count). The van der Waals surface area contributed by atoms with Crippen molar-refractivity contribution in [3.8, 4) is 0 Å². The molecule has 19 heavy (non-hydrogen) atoms. The van der Waals surface area contributed by atoms with E-state index in [1.165, 1.54) is 5.69 Å². The Hall–Kier alpha value is -0.770. The monoisotopic (exact) mass is 281 g/mol. The smallest absolute Gasteiger partial charge is 0.0471 e. The predicted molar refractivity (Wildman–Crippen MR) is 82.9 cm³/mol. The van der Waals surface area contributed by atoms with E-state index in [1.807, 2.05) is 12.1 Å². The minimum Gasteiger partial charge on any atom is -0.369 e. The molecule has 4 heteroatoms. The minimum atomic E-state index is 0.257. The van der Waals surface area contributed by atoms with Crippen molar-refractivity contribution in [3.05, 3.63) is 28.8 Å². The van der Waals surface area contributed by atoms with Gasteiger partial charge in [-0.05, 0) is 38.5 Å². The van der Waals surface area contributed by atoms with Crippen LogP contribution in [0.2, 0.25) is 5.02 Å². The van der Waals surface area contributed by atoms with Gasteiger partial charge in [0.2, 0.25) is 0 Å². The first kappa shape index (κ1) is 14.6. The fourth-order valence-corrected chi connectivity index (χ4v) is 2.79. The zero-order valence-electron chi connectivity index (χ0n) is 12.1. The quantitative estimate of drug-likeness (QED) is 0.905. The highest BCUT2D eigenvalue weighted by Gasteiger charge is 2.25. The third-order valence-electron chi connectivity index (χ3n) is 3.85. The van der Waals surface area contributed by atoms with Crippen LogP contribution in [0.4, 0.5) is 5.69 Å². The third kappa shape index (κ3) is 3.41. The Balaban J connectivity index is 2.04. The Morgan fingerprint density at radius 1 is 1.16 bits per heavy atom. The molecule has 0 saturated carbocycles. The molecule has 1 aromatic carbocycles. The number of nitrogens with two attached hydrogens (primary N) is 1. The maximum absolute atomic E-state index is 6.23. The van der Waals surface area contributed by atoms with Gasteiger partial charge in [-0.2, -0.15) is 0 Å². The van der Waals surface area contributed by atoms with E-state index >= 15 is 0 Å². The number of halogens is 1. The lowest BCUT2D eigenvalue weighted by Crippen LogP contribution is -2.53. The van der Waals surface area contributed by atoms with Crippen LogP contribution >= 0.6 is 11.6 Å². The van der Waals surface area contributed by atoms with E-state index in [1.54, 1.807) is 0 Å². The molecule has 3 nitrogen and oxygen atoms in total. The fourth-order valence-electron chi connectivity index (χ4n) is 2.53. The molecule has 0 aliphatic carbocycles. The highest BCUT2D eigenvalue weighted by Crippen LogP contribution is 2.25. The zero-order valence-corrected chi connectivity index (χ0v) is 12.9. The third-order valence-corrected chi connectivity index (χ3v) is 4.20. The topological polar surface area (TPSA) is 32.5 Å². The van der Waals surface area contributed by atoms with Gasteiger partial charge in [0.15, 0.2) is 0 Å². The first-order valence-electron chi connectivity index (χ1n) is 6.90. The summed E-state index contributed by atoms with van der Waals surface area (Å²) in [5.74, 6) is 0. The molecule has 106 valence electrons. The average molecular weight is 282 g/mol. The molecule has 1 heterocycles. The van der Waals surface area contributed by atoms with Crippen molar-refractivity contribution in [2.45, 2.75) is 32.9 Å². The van der Waals surface area contributed by atoms with Gasteiger partial charge in [0, 0.05) is 49.0 Å². The molecule has 0 spiro atoms. The van der Waals surface area contributed by atoms with E-state index in [-0.39, 0.29) is 5.54 Å². The Morgan fingerprint density at radius 3 is 2.26 bits per heavy atom. The molecule has 0 atom stereocenters. The van der Waals surface area contributed by atoms with Crippen LogP contribution in [0.25, 0.3) is 0 Å². The Bertz CT molecular complexity index is 432. The summed E-state index contributed by atoms with van der Waals surface area (Å²) >= 11 is 6.23. The van der Waals surface area contributed by atoms with Crippen LogP contribution in [0, 0.1) is 0 Å². The first-order valence-corrected chi connectivity index (χ1v) is 7.28. The maximum atomic E-state index is 6.23. The second-order valence-corrected chi connectivity index (χ2v) is 6.53. The molecule has 1 aliphatic heterocycles. The first-order chi connectivity index (χ1) is 8.91. The Labute approximate surface area is 121 Å². The summed E-state index contributed by atoms with van der Waals surface area (Å²) in [6, 6.07) is 6.20. The van der Waals surface area contributed by atoms with Crippen molar-refractivity contribution in [2.24, 2.45) is 5.73 Å². The second-order valence-electron chi connectivity index (χ2n) is 6.12. The van der Waals surface area contributed by atoms with Crippen molar-refractivity contribution in [3.63, 3.8) is 0 Å². The SMILES string of the molecule is CC(C)(C)N1CCN(c2ccc(CN)c(Cl)c2)CC1. The largest absolute Gasteiger partial charge is 0.369 e. The van der Waals surface area contributed by atoms with Gasteiger partial charge in [-0.3, -0.25) is 4.90 Å². The van der Waals surface area contributed by atoms with Gasteiger partial charge in [0.25, 0.3) is 0 Å². The number of hydrogen-bond acceptors (Lipinski definition) is 3. The van der Waals surface area contributed by atoms with E-state index in [4.69, 9.17) is 17.3 Å². The summed E-state index contributed by atoms with van der Waals surface area (Å²) in [5.41, 5.74) is 8.11. The van der Waals surface area contributed by atoms with E-state index in [0.29, 0.717) is 6.54 Å². The number of nitrogens with zero attached hydrogens (tertiary/aromatic N) is 2. The standard InChI is InChI=1S/C15H24ClN3/c1-15(2,3)19-8-6-18(7-9-19)13-5-4-12(11-17)14(16)10-13/h4-5,10H,6-9,11,17H2,1-3H3. The van der Waals surface area contributed by atoms with Crippen molar-refractivity contribution in [1.29, 1.82) is 0 Å². The summed E-state index contributed by atoms with van der Waals surface area (Å²) < 4.78 is 0. The molecule has 1 aromatic rings. The van der Waals surface area contributed by atoms with Crippen LogP contribution in [-0.4, -0.2) is 36.6 Å². The maximum Gasteiger partial charge on any atom is 0.0471 e. The van der Waals surface area contributed by atoms with Gasteiger partial charge >= 0.3 is 0 Å². The number of benzene rings is 1. The summed E-state index contributed by atoms with van der Waals surface area (Å²) in [7, 11) is 0. The van der Waals surface area contributed by atoms with Crippen molar-refractivity contribution in [2.75, 3.05) is 31.1 Å². The van der Waals surface area contributed by atoms with Gasteiger partial charge in [0.05, 0.1) is 0 Å². The average Bonchev–Trinajstić information content (AvgIpc) is 2.38. The molecule has 0 amide bonds. The highest BCUT2D eigenvalue weighted by atomic mass is 35.5. The summed E-state index contributed by atoms with van der Waals surface area (Å²) in [6.45, 7) is 11.6. The van der Waals surface area contributed by atoms with Crippen molar-refractivity contribution >= 4 is 17.3 Å². The van der Waals surface area contributed by atoms with Gasteiger partial charge < -0.3 is 10.6 Å². The molecule has 0 bridgehead atoms. The van der Waals surface area contributed by atoms with Crippen LogP contribution in [0.15, 0.2) is 18.2 Å². The Kier molecular flexibility index (Phi) is 4.39. The molecule has 2 N–H and O–H groups in total. The lowest BCUT2D eigenvalue weighted by Gasteiger charge is -2.43. The van der Waals surface area contributed by atoms with Gasteiger partial charge in [-0.25, -0.2) is 0 Å². The summed E-state index contributed by atoms with van der Waals surface area (Å²) in [6.07, 6.45) is 0. The van der Waals surface area contributed by atoms with Gasteiger partial charge in [0.1, 0.15) is 0 Å². The van der Waals surface area contributed by atoms with Gasteiger partial charge in [-0.1, -0.05) is 17.7 Å². The lowest BCUT2D eigenvalue weighted by atomic mass is 10.0. The molecule has 0 radical (unpaired) electrons. The van der Waals surface area contributed by atoms with E-state index in [0.717, 1.165) is 36.8 Å².